The molecule has 0 bridgehead atoms. The Morgan fingerprint density at radius 2 is 1.71 bits per heavy atom. The smallest absolute Gasteiger partial charge is 0.340 e. The summed E-state index contributed by atoms with van der Waals surface area (Å²) in [6.07, 6.45) is 4.91. The quantitative estimate of drug-likeness (QED) is 0.686. The van der Waals surface area contributed by atoms with Gasteiger partial charge < -0.3 is 15.0 Å². The summed E-state index contributed by atoms with van der Waals surface area (Å²) in [5.41, 5.74) is 0.836. The third-order valence-corrected chi connectivity index (χ3v) is 5.35. The lowest BCUT2D eigenvalue weighted by Gasteiger charge is -2.30. The van der Waals surface area contributed by atoms with Gasteiger partial charge in [0.1, 0.15) is 0 Å². The lowest BCUT2D eigenvalue weighted by Crippen LogP contribution is -2.37. The molecule has 0 unspecified atom stereocenters. The zero-order chi connectivity index (χ0) is 20.5. The third-order valence-electron chi connectivity index (χ3n) is 5.35. The lowest BCUT2D eigenvalue weighted by molar-refractivity contribution is -0.136. The molecule has 0 saturated heterocycles. The highest BCUT2D eigenvalue weighted by atomic mass is 16.5. The topological polar surface area (TPSA) is 75.7 Å². The zero-order valence-corrected chi connectivity index (χ0v) is 17.2. The number of nitrogens with one attached hydrogen (secondary N) is 1. The molecule has 1 aromatic rings. The molecule has 154 valence electrons. The Bertz CT molecular complexity index is 681. The Morgan fingerprint density at radius 1 is 1.07 bits per heavy atom. The fraction of sp³-hybridized carbons (Fsp3) is 0.591. The van der Waals surface area contributed by atoms with E-state index in [1.165, 1.54) is 0 Å². The third kappa shape index (κ3) is 5.81. The van der Waals surface area contributed by atoms with E-state index in [2.05, 4.69) is 12.2 Å². The minimum atomic E-state index is -0.442. The minimum absolute atomic E-state index is 0.0118. The number of hydrogen-bond donors (Lipinski definition) is 1. The first kappa shape index (κ1) is 21.9. The maximum Gasteiger partial charge on any atom is 0.340 e. The standard InChI is InChI=1S/C22H32N2O4/c1-4-6-15-24(3)21(26)17-13-11-16(12-14-17)20(25)23-19-10-8-7-9-18(19)22(27)28-5-2/h7-10,16-17H,4-6,11-15H2,1-3H3,(H,23,25). The summed E-state index contributed by atoms with van der Waals surface area (Å²) in [5.74, 6) is -0.470. The van der Waals surface area contributed by atoms with Crippen LogP contribution in [0.5, 0.6) is 0 Å². The number of ether oxygens (including phenoxy) is 1. The SMILES string of the molecule is CCCCN(C)C(=O)C1CCC(C(=O)Nc2ccccc2C(=O)OCC)CC1. The maximum atomic E-state index is 12.7. The molecule has 1 N–H and O–H groups in total. The average molecular weight is 389 g/mol. The summed E-state index contributed by atoms with van der Waals surface area (Å²) in [6.45, 7) is 4.94. The first-order chi connectivity index (χ1) is 13.5. The van der Waals surface area contributed by atoms with Crippen LogP contribution in [0.4, 0.5) is 5.69 Å². The molecule has 1 fully saturated rings. The Kier molecular flexibility index (Phi) is 8.48. The van der Waals surface area contributed by atoms with Gasteiger partial charge in [-0.25, -0.2) is 4.79 Å². The van der Waals surface area contributed by atoms with Crippen LogP contribution in [0.3, 0.4) is 0 Å². The summed E-state index contributed by atoms with van der Waals surface area (Å²) in [7, 11) is 1.86. The van der Waals surface area contributed by atoms with Gasteiger partial charge in [-0.15, -0.1) is 0 Å². The van der Waals surface area contributed by atoms with E-state index in [0.717, 1.165) is 32.2 Å². The second-order valence-electron chi connectivity index (χ2n) is 7.42. The number of carbonyl (C=O) groups excluding carboxylic acids is 3. The van der Waals surface area contributed by atoms with Crippen LogP contribution in [-0.4, -0.2) is 42.9 Å². The fourth-order valence-electron chi connectivity index (χ4n) is 3.63. The Labute approximate surface area is 167 Å². The molecule has 0 spiro atoms. The van der Waals surface area contributed by atoms with Crippen LogP contribution in [0, 0.1) is 11.8 Å². The highest BCUT2D eigenvalue weighted by molar-refractivity contribution is 6.01. The minimum Gasteiger partial charge on any atom is -0.462 e. The number of carbonyl (C=O) groups is 3. The molecule has 0 atom stereocenters. The number of amides is 2. The van der Waals surface area contributed by atoms with Crippen LogP contribution in [-0.2, 0) is 14.3 Å². The van der Waals surface area contributed by atoms with Crippen LogP contribution in [0.1, 0.15) is 62.7 Å². The molecule has 2 rings (SSSR count). The Balaban J connectivity index is 1.91. The second kappa shape index (κ2) is 10.8. The van der Waals surface area contributed by atoms with Gasteiger partial charge in [0.2, 0.25) is 11.8 Å². The van der Waals surface area contributed by atoms with E-state index in [0.29, 0.717) is 24.1 Å². The van der Waals surface area contributed by atoms with Gasteiger partial charge in [-0.2, -0.15) is 0 Å². The van der Waals surface area contributed by atoms with Crippen molar-refractivity contribution in [3.8, 4) is 0 Å². The van der Waals surface area contributed by atoms with Crippen molar-refractivity contribution in [2.45, 2.75) is 52.4 Å². The van der Waals surface area contributed by atoms with Crippen molar-refractivity contribution < 1.29 is 19.1 Å². The monoisotopic (exact) mass is 388 g/mol. The van der Waals surface area contributed by atoms with Crippen molar-refractivity contribution in [2.24, 2.45) is 11.8 Å². The highest BCUT2D eigenvalue weighted by Gasteiger charge is 2.31. The maximum absolute atomic E-state index is 12.7. The number of nitrogens with zero attached hydrogens (tertiary/aromatic N) is 1. The molecule has 0 heterocycles. The van der Waals surface area contributed by atoms with Crippen LogP contribution < -0.4 is 5.32 Å². The fourth-order valence-corrected chi connectivity index (χ4v) is 3.63. The van der Waals surface area contributed by atoms with E-state index in [1.807, 2.05) is 11.9 Å². The summed E-state index contributed by atoms with van der Waals surface area (Å²) < 4.78 is 5.05. The molecule has 1 saturated carbocycles. The zero-order valence-electron chi connectivity index (χ0n) is 17.2. The number of benzene rings is 1. The van der Waals surface area contributed by atoms with Crippen molar-refractivity contribution in [1.29, 1.82) is 0 Å². The number of hydrogen-bond acceptors (Lipinski definition) is 4. The van der Waals surface area contributed by atoms with Gasteiger partial charge in [0.05, 0.1) is 17.9 Å². The number of anilines is 1. The molecule has 28 heavy (non-hydrogen) atoms. The average Bonchev–Trinajstić information content (AvgIpc) is 2.72. The molecular weight excluding hydrogens is 356 g/mol. The van der Waals surface area contributed by atoms with Gasteiger partial charge in [0.25, 0.3) is 0 Å². The predicted octanol–water partition coefficient (Wildman–Crippen LogP) is 3.87. The van der Waals surface area contributed by atoms with Crippen molar-refractivity contribution in [3.63, 3.8) is 0 Å². The predicted molar refractivity (Wildman–Crippen MR) is 109 cm³/mol. The van der Waals surface area contributed by atoms with E-state index in [4.69, 9.17) is 4.74 Å². The van der Waals surface area contributed by atoms with Crippen molar-refractivity contribution in [1.82, 2.24) is 4.90 Å². The van der Waals surface area contributed by atoms with Crippen LogP contribution >= 0.6 is 0 Å². The molecule has 2 amide bonds. The molecule has 0 aromatic heterocycles. The molecular formula is C22H32N2O4. The van der Waals surface area contributed by atoms with E-state index >= 15 is 0 Å². The van der Waals surface area contributed by atoms with Gasteiger partial charge in [-0.3, -0.25) is 9.59 Å². The number of rotatable bonds is 8. The number of para-hydroxylation sites is 1. The largest absolute Gasteiger partial charge is 0.462 e. The van der Waals surface area contributed by atoms with E-state index < -0.39 is 5.97 Å². The molecule has 1 aliphatic rings. The van der Waals surface area contributed by atoms with Crippen molar-refractivity contribution >= 4 is 23.5 Å². The molecule has 0 radical (unpaired) electrons. The summed E-state index contributed by atoms with van der Waals surface area (Å²) >= 11 is 0. The van der Waals surface area contributed by atoms with Gasteiger partial charge in [-0.05, 0) is 51.2 Å². The number of esters is 1. The Hall–Kier alpha value is -2.37. The van der Waals surface area contributed by atoms with Crippen molar-refractivity contribution in [3.05, 3.63) is 29.8 Å². The number of unbranched alkanes of at least 4 members (excludes halogenated alkanes) is 1. The van der Waals surface area contributed by atoms with Gasteiger partial charge in [0.15, 0.2) is 0 Å². The molecule has 1 aromatic carbocycles. The van der Waals surface area contributed by atoms with Gasteiger partial charge in [0, 0.05) is 25.4 Å². The van der Waals surface area contributed by atoms with E-state index in [9.17, 15) is 14.4 Å². The van der Waals surface area contributed by atoms with Crippen LogP contribution in [0.25, 0.3) is 0 Å². The molecule has 0 aliphatic heterocycles. The Morgan fingerprint density at radius 3 is 2.36 bits per heavy atom. The first-order valence-corrected chi connectivity index (χ1v) is 10.3. The summed E-state index contributed by atoms with van der Waals surface area (Å²) in [5, 5.41) is 2.88. The van der Waals surface area contributed by atoms with Gasteiger partial charge in [-0.1, -0.05) is 25.5 Å². The van der Waals surface area contributed by atoms with Gasteiger partial charge >= 0.3 is 5.97 Å². The first-order valence-electron chi connectivity index (χ1n) is 10.3. The van der Waals surface area contributed by atoms with E-state index in [-0.39, 0.29) is 30.3 Å². The van der Waals surface area contributed by atoms with Crippen LogP contribution in [0.2, 0.25) is 0 Å². The lowest BCUT2D eigenvalue weighted by atomic mass is 9.81. The summed E-state index contributed by atoms with van der Waals surface area (Å²) in [4.78, 5) is 39.1. The van der Waals surface area contributed by atoms with E-state index in [1.54, 1.807) is 31.2 Å². The molecule has 1 aliphatic carbocycles. The summed E-state index contributed by atoms with van der Waals surface area (Å²) in [6, 6.07) is 6.88. The van der Waals surface area contributed by atoms with Crippen LogP contribution in [0.15, 0.2) is 24.3 Å². The highest BCUT2D eigenvalue weighted by Crippen LogP contribution is 2.31. The second-order valence-corrected chi connectivity index (χ2v) is 7.42. The molecule has 6 nitrogen and oxygen atoms in total. The normalized spacial score (nSPS) is 19.0. The molecule has 6 heteroatoms. The van der Waals surface area contributed by atoms with Crippen molar-refractivity contribution in [2.75, 3.05) is 25.5 Å².